The van der Waals surface area contributed by atoms with Gasteiger partial charge in [0.1, 0.15) is 0 Å². The fourth-order valence-corrected chi connectivity index (χ4v) is 6.95. The van der Waals surface area contributed by atoms with Crippen LogP contribution >= 0.6 is 0 Å². The monoisotopic (exact) mass is 571 g/mol. The van der Waals surface area contributed by atoms with Gasteiger partial charge in [-0.3, -0.25) is 0 Å². The van der Waals surface area contributed by atoms with Crippen LogP contribution in [-0.4, -0.2) is 0 Å². The van der Waals surface area contributed by atoms with Crippen molar-refractivity contribution < 1.29 is 4.57 Å². The molecular weight excluding hydrogens is 494 g/mol. The summed E-state index contributed by atoms with van der Waals surface area (Å²) in [6.07, 6.45) is 49.0. The van der Waals surface area contributed by atoms with Crippen molar-refractivity contribution in [1.29, 1.82) is 0 Å². The third-order valence-electron chi connectivity index (χ3n) is 9.75. The van der Waals surface area contributed by atoms with Crippen LogP contribution in [0.5, 0.6) is 0 Å². The van der Waals surface area contributed by atoms with Gasteiger partial charge in [0.05, 0.1) is 0 Å². The van der Waals surface area contributed by atoms with Crippen LogP contribution in [0.15, 0.2) is 30.6 Å². The molecule has 0 saturated carbocycles. The molecule has 0 spiro atoms. The third-order valence-corrected chi connectivity index (χ3v) is 9.75. The van der Waals surface area contributed by atoms with E-state index in [4.69, 9.17) is 0 Å². The van der Waals surface area contributed by atoms with Gasteiger partial charge in [0, 0.05) is 31.4 Å². The zero-order chi connectivity index (χ0) is 29.5. The first-order valence-electron chi connectivity index (χ1n) is 19.3. The minimum atomic E-state index is 0.337. The maximum Gasteiger partial charge on any atom is 0.169 e. The first-order chi connectivity index (χ1) is 20.3. The van der Waals surface area contributed by atoms with Crippen molar-refractivity contribution in [2.24, 2.45) is 0 Å². The van der Waals surface area contributed by atoms with Crippen LogP contribution < -0.4 is 4.57 Å². The van der Waals surface area contributed by atoms with E-state index in [9.17, 15) is 0 Å². The zero-order valence-corrected chi connectivity index (χ0v) is 28.8. The highest BCUT2D eigenvalue weighted by Gasteiger charge is 2.37. The fraction of sp³-hybridized carbons (Fsp3) is 0.875. The van der Waals surface area contributed by atoms with E-state index in [0.717, 1.165) is 0 Å². The highest BCUT2D eigenvalue weighted by Crippen LogP contribution is 2.32. The second-order valence-electron chi connectivity index (χ2n) is 13.6. The van der Waals surface area contributed by atoms with Gasteiger partial charge < -0.3 is 0 Å². The van der Waals surface area contributed by atoms with E-state index in [1.165, 1.54) is 199 Å². The van der Waals surface area contributed by atoms with E-state index in [0.29, 0.717) is 5.54 Å². The van der Waals surface area contributed by atoms with Crippen molar-refractivity contribution in [2.75, 3.05) is 0 Å². The van der Waals surface area contributed by atoms with Crippen molar-refractivity contribution in [2.45, 2.75) is 225 Å². The Bertz CT molecular complexity index is 599. The summed E-state index contributed by atoms with van der Waals surface area (Å²) in [5.74, 6) is 0. The largest absolute Gasteiger partial charge is 0.200 e. The van der Waals surface area contributed by atoms with Gasteiger partial charge in [0.2, 0.25) is 0 Å². The number of unbranched alkanes of at least 4 members (excludes halogenated alkanes) is 25. The molecule has 1 aromatic heterocycles. The van der Waals surface area contributed by atoms with Gasteiger partial charge in [-0.15, -0.1) is 0 Å². The topological polar surface area (TPSA) is 3.88 Å². The molecule has 41 heavy (non-hydrogen) atoms. The number of hydrogen-bond donors (Lipinski definition) is 0. The van der Waals surface area contributed by atoms with E-state index < -0.39 is 0 Å². The summed E-state index contributed by atoms with van der Waals surface area (Å²) < 4.78 is 2.66. The molecule has 240 valence electrons. The maximum atomic E-state index is 2.66. The molecule has 0 saturated heterocycles. The van der Waals surface area contributed by atoms with Gasteiger partial charge in [0.25, 0.3) is 0 Å². The highest BCUT2D eigenvalue weighted by molar-refractivity contribution is 4.86. The van der Waals surface area contributed by atoms with Crippen molar-refractivity contribution in [3.05, 3.63) is 30.6 Å². The van der Waals surface area contributed by atoms with E-state index in [-0.39, 0.29) is 0 Å². The number of hydrogen-bond acceptors (Lipinski definition) is 0. The van der Waals surface area contributed by atoms with Crippen molar-refractivity contribution >= 4 is 0 Å². The lowest BCUT2D eigenvalue weighted by molar-refractivity contribution is -0.768. The van der Waals surface area contributed by atoms with Crippen LogP contribution in [0.2, 0.25) is 0 Å². The summed E-state index contributed by atoms with van der Waals surface area (Å²) in [7, 11) is 0. The number of rotatable bonds is 32. The van der Waals surface area contributed by atoms with Crippen LogP contribution in [-0.2, 0) is 5.54 Å². The second kappa shape index (κ2) is 29.2. The van der Waals surface area contributed by atoms with E-state index in [2.05, 4.69) is 55.9 Å². The van der Waals surface area contributed by atoms with Crippen LogP contribution in [0.3, 0.4) is 0 Å². The average Bonchev–Trinajstić information content (AvgIpc) is 3.00. The van der Waals surface area contributed by atoms with Gasteiger partial charge in [-0.1, -0.05) is 187 Å². The lowest BCUT2D eigenvalue weighted by Gasteiger charge is -2.29. The molecule has 1 nitrogen and oxygen atoms in total. The quantitative estimate of drug-likeness (QED) is 0.0599. The van der Waals surface area contributed by atoms with Gasteiger partial charge in [0.15, 0.2) is 17.9 Å². The highest BCUT2D eigenvalue weighted by atomic mass is 15.0. The van der Waals surface area contributed by atoms with Crippen LogP contribution in [0, 0.1) is 0 Å². The fourth-order valence-electron chi connectivity index (χ4n) is 6.95. The molecule has 0 aliphatic carbocycles. The molecule has 0 N–H and O–H groups in total. The Morgan fingerprint density at radius 1 is 0.317 bits per heavy atom. The van der Waals surface area contributed by atoms with Gasteiger partial charge in [-0.05, 0) is 19.3 Å². The van der Waals surface area contributed by atoms with Crippen molar-refractivity contribution in [3.63, 3.8) is 0 Å². The standard InChI is InChI=1S/C40H76N/c1-4-7-10-13-16-19-21-24-27-31-36-40(41-38-33-29-34-39-41,35-30-26-23-18-15-12-9-6-3)37-32-28-25-22-20-17-14-11-8-5-2/h29,33-34,38-39H,4-28,30-32,35-37H2,1-3H3/q+1. The minimum absolute atomic E-state index is 0.337. The molecule has 0 bridgehead atoms. The molecule has 1 heteroatoms. The number of pyridine rings is 1. The summed E-state index contributed by atoms with van der Waals surface area (Å²) in [4.78, 5) is 0. The second-order valence-corrected chi connectivity index (χ2v) is 13.6. The number of aromatic nitrogens is 1. The minimum Gasteiger partial charge on any atom is -0.200 e. The summed E-state index contributed by atoms with van der Waals surface area (Å²) in [6.45, 7) is 6.96. The van der Waals surface area contributed by atoms with Crippen molar-refractivity contribution in [1.82, 2.24) is 0 Å². The Morgan fingerprint density at radius 2 is 0.561 bits per heavy atom. The molecule has 1 rings (SSSR count). The smallest absolute Gasteiger partial charge is 0.169 e. The van der Waals surface area contributed by atoms with E-state index in [1.54, 1.807) is 0 Å². The Hall–Kier alpha value is -0.850. The molecule has 0 fully saturated rings. The molecule has 1 aromatic rings. The normalized spacial score (nSPS) is 11.9. The Balaban J connectivity index is 2.57. The van der Waals surface area contributed by atoms with Gasteiger partial charge >= 0.3 is 0 Å². The maximum absolute atomic E-state index is 2.66. The van der Waals surface area contributed by atoms with Gasteiger partial charge in [-0.2, -0.15) is 4.57 Å². The molecule has 0 unspecified atom stereocenters. The Labute approximate surface area is 260 Å². The lowest BCUT2D eigenvalue weighted by atomic mass is 9.81. The molecule has 0 amide bonds. The lowest BCUT2D eigenvalue weighted by Crippen LogP contribution is -2.55. The van der Waals surface area contributed by atoms with Crippen LogP contribution in [0.25, 0.3) is 0 Å². The molecule has 1 heterocycles. The summed E-state index contributed by atoms with van der Waals surface area (Å²) in [5.41, 5.74) is 0.337. The number of nitrogens with zero attached hydrogens (tertiary/aromatic N) is 1. The predicted molar refractivity (Wildman–Crippen MR) is 185 cm³/mol. The molecule has 0 aliphatic heterocycles. The molecule has 0 aliphatic rings. The average molecular weight is 571 g/mol. The van der Waals surface area contributed by atoms with Crippen LogP contribution in [0.1, 0.15) is 220 Å². The summed E-state index contributed by atoms with van der Waals surface area (Å²) >= 11 is 0. The first-order valence-corrected chi connectivity index (χ1v) is 19.3. The van der Waals surface area contributed by atoms with Gasteiger partial charge in [-0.25, -0.2) is 0 Å². The Morgan fingerprint density at radius 3 is 0.829 bits per heavy atom. The third kappa shape index (κ3) is 21.5. The SMILES string of the molecule is CCCCCCCCCCCCC(CCCCCCCCCC)(CCCCCCCCCCCC)[n+]1ccccc1. The van der Waals surface area contributed by atoms with Crippen molar-refractivity contribution in [3.8, 4) is 0 Å². The molecular formula is C40H76N+. The first kappa shape index (κ1) is 38.2. The van der Waals surface area contributed by atoms with E-state index >= 15 is 0 Å². The Kier molecular flexibility index (Phi) is 27.2. The zero-order valence-electron chi connectivity index (χ0n) is 28.8. The summed E-state index contributed by atoms with van der Waals surface area (Å²) in [5, 5.41) is 0. The van der Waals surface area contributed by atoms with E-state index in [1.807, 2.05) is 0 Å². The molecule has 0 atom stereocenters. The predicted octanol–water partition coefficient (Wildman–Crippen LogP) is 13.8. The summed E-state index contributed by atoms with van der Waals surface area (Å²) in [6, 6.07) is 6.76. The molecule has 0 aromatic carbocycles. The van der Waals surface area contributed by atoms with Crippen LogP contribution in [0.4, 0.5) is 0 Å². The molecule has 0 radical (unpaired) electrons.